The molecule has 0 aliphatic heterocycles. The molecule has 0 atom stereocenters. The lowest BCUT2D eigenvalue weighted by Gasteiger charge is -2.05. The van der Waals surface area contributed by atoms with Crippen molar-refractivity contribution in [3.05, 3.63) is 52.7 Å². The standard InChI is InChI=1S/C17H17N3OS2/c1-10-7-19-9-13-14(10)15(18)16(23-13)17(21)20-8-11-3-5-12(22-2)6-4-11/h3-7,9H,8,18H2,1-2H3,(H,20,21). The molecule has 3 aromatic rings. The van der Waals surface area contributed by atoms with E-state index in [9.17, 15) is 4.79 Å². The van der Waals surface area contributed by atoms with Crippen molar-refractivity contribution in [1.29, 1.82) is 0 Å². The topological polar surface area (TPSA) is 68.0 Å². The highest BCUT2D eigenvalue weighted by atomic mass is 32.2. The molecule has 3 rings (SSSR count). The van der Waals surface area contributed by atoms with Gasteiger partial charge in [-0.1, -0.05) is 12.1 Å². The number of rotatable bonds is 4. The number of carbonyl (C=O) groups excluding carboxylic acids is 1. The summed E-state index contributed by atoms with van der Waals surface area (Å²) in [6, 6.07) is 8.15. The third kappa shape index (κ3) is 3.18. The highest BCUT2D eigenvalue weighted by Crippen LogP contribution is 2.34. The number of aryl methyl sites for hydroxylation is 1. The van der Waals surface area contributed by atoms with Crippen LogP contribution in [-0.2, 0) is 6.54 Å². The molecule has 0 bridgehead atoms. The number of thioether (sulfide) groups is 1. The van der Waals surface area contributed by atoms with Gasteiger partial charge in [-0.2, -0.15) is 0 Å². The Kier molecular flexibility index (Phi) is 4.54. The molecule has 0 unspecified atom stereocenters. The Hall–Kier alpha value is -2.05. The Labute approximate surface area is 143 Å². The molecule has 0 fully saturated rings. The molecule has 23 heavy (non-hydrogen) atoms. The number of fused-ring (bicyclic) bond motifs is 1. The van der Waals surface area contributed by atoms with E-state index in [1.807, 2.05) is 25.3 Å². The van der Waals surface area contributed by atoms with Crippen molar-refractivity contribution in [3.63, 3.8) is 0 Å². The van der Waals surface area contributed by atoms with Gasteiger partial charge in [0.25, 0.3) is 5.91 Å². The van der Waals surface area contributed by atoms with Crippen molar-refractivity contribution < 1.29 is 4.79 Å². The Balaban J connectivity index is 1.78. The maximum Gasteiger partial charge on any atom is 0.263 e. The summed E-state index contributed by atoms with van der Waals surface area (Å²) in [5.41, 5.74) is 8.76. The lowest BCUT2D eigenvalue weighted by molar-refractivity contribution is 0.0956. The Bertz CT molecular complexity index is 856. The Morgan fingerprint density at radius 1 is 1.30 bits per heavy atom. The van der Waals surface area contributed by atoms with E-state index in [1.54, 1.807) is 24.2 Å². The van der Waals surface area contributed by atoms with E-state index >= 15 is 0 Å². The van der Waals surface area contributed by atoms with Crippen molar-refractivity contribution in [2.24, 2.45) is 0 Å². The summed E-state index contributed by atoms with van der Waals surface area (Å²) in [6.45, 7) is 2.44. The molecule has 1 aromatic carbocycles. The van der Waals surface area contributed by atoms with Crippen LogP contribution in [0.1, 0.15) is 20.8 Å². The smallest absolute Gasteiger partial charge is 0.263 e. The lowest BCUT2D eigenvalue weighted by Crippen LogP contribution is -2.22. The summed E-state index contributed by atoms with van der Waals surface area (Å²) >= 11 is 3.08. The highest BCUT2D eigenvalue weighted by molar-refractivity contribution is 7.98. The number of carbonyl (C=O) groups is 1. The molecular formula is C17H17N3OS2. The van der Waals surface area contributed by atoms with Crippen molar-refractivity contribution in [3.8, 4) is 0 Å². The minimum Gasteiger partial charge on any atom is -0.397 e. The molecule has 0 saturated carbocycles. The first-order valence-corrected chi connectivity index (χ1v) is 9.18. The molecule has 0 saturated heterocycles. The fourth-order valence-electron chi connectivity index (χ4n) is 2.42. The number of hydrogen-bond donors (Lipinski definition) is 2. The number of nitrogens with one attached hydrogen (secondary N) is 1. The number of thiophene rings is 1. The van der Waals surface area contributed by atoms with Gasteiger partial charge in [0.1, 0.15) is 4.88 Å². The van der Waals surface area contributed by atoms with E-state index in [2.05, 4.69) is 22.4 Å². The number of nitrogens with two attached hydrogens (primary N) is 1. The monoisotopic (exact) mass is 343 g/mol. The number of aromatic nitrogens is 1. The van der Waals surface area contributed by atoms with E-state index in [-0.39, 0.29) is 5.91 Å². The van der Waals surface area contributed by atoms with Gasteiger partial charge in [-0.3, -0.25) is 9.78 Å². The van der Waals surface area contributed by atoms with E-state index in [4.69, 9.17) is 5.73 Å². The largest absolute Gasteiger partial charge is 0.397 e. The van der Waals surface area contributed by atoms with E-state index in [1.165, 1.54) is 16.2 Å². The number of amides is 1. The summed E-state index contributed by atoms with van der Waals surface area (Å²) < 4.78 is 0.942. The van der Waals surface area contributed by atoms with Crippen LogP contribution in [0.2, 0.25) is 0 Å². The van der Waals surface area contributed by atoms with Gasteiger partial charge < -0.3 is 11.1 Å². The normalized spacial score (nSPS) is 10.9. The average molecular weight is 343 g/mol. The van der Waals surface area contributed by atoms with Crippen LogP contribution in [0.4, 0.5) is 5.69 Å². The molecule has 118 valence electrons. The number of nitrogen functional groups attached to an aromatic ring is 1. The summed E-state index contributed by atoms with van der Waals surface area (Å²) in [6.07, 6.45) is 5.56. The fourth-order valence-corrected chi connectivity index (χ4v) is 3.91. The van der Waals surface area contributed by atoms with Crippen LogP contribution in [0.25, 0.3) is 10.1 Å². The van der Waals surface area contributed by atoms with E-state index in [0.717, 1.165) is 21.2 Å². The van der Waals surface area contributed by atoms with Crippen LogP contribution >= 0.6 is 23.1 Å². The number of hydrogen-bond acceptors (Lipinski definition) is 5. The van der Waals surface area contributed by atoms with Gasteiger partial charge in [0.05, 0.1) is 10.4 Å². The van der Waals surface area contributed by atoms with Crippen molar-refractivity contribution in [2.45, 2.75) is 18.4 Å². The number of benzene rings is 1. The van der Waals surface area contributed by atoms with Crippen LogP contribution < -0.4 is 11.1 Å². The summed E-state index contributed by atoms with van der Waals surface area (Å²) in [5, 5.41) is 3.87. The molecule has 2 heterocycles. The second-order valence-electron chi connectivity index (χ2n) is 5.21. The van der Waals surface area contributed by atoms with Gasteiger partial charge in [0.2, 0.25) is 0 Å². The summed E-state index contributed by atoms with van der Waals surface area (Å²) in [5.74, 6) is -0.142. The number of nitrogens with zero attached hydrogens (tertiary/aromatic N) is 1. The van der Waals surface area contributed by atoms with Crippen LogP contribution in [0.15, 0.2) is 41.6 Å². The molecule has 2 aromatic heterocycles. The zero-order valence-electron chi connectivity index (χ0n) is 12.9. The Morgan fingerprint density at radius 3 is 2.70 bits per heavy atom. The van der Waals surface area contributed by atoms with Crippen LogP contribution in [-0.4, -0.2) is 17.1 Å². The van der Waals surface area contributed by atoms with E-state index < -0.39 is 0 Å². The van der Waals surface area contributed by atoms with Gasteiger partial charge in [0.15, 0.2) is 0 Å². The molecular weight excluding hydrogens is 326 g/mol. The first-order valence-electron chi connectivity index (χ1n) is 7.14. The average Bonchev–Trinajstić information content (AvgIpc) is 2.91. The minimum atomic E-state index is -0.142. The molecule has 1 amide bonds. The predicted molar refractivity (Wildman–Crippen MR) is 98.2 cm³/mol. The van der Waals surface area contributed by atoms with Gasteiger partial charge in [-0.25, -0.2) is 0 Å². The van der Waals surface area contributed by atoms with Crippen molar-refractivity contribution >= 4 is 44.8 Å². The molecule has 4 nitrogen and oxygen atoms in total. The van der Waals surface area contributed by atoms with Gasteiger partial charge in [-0.05, 0) is 36.4 Å². The number of pyridine rings is 1. The zero-order chi connectivity index (χ0) is 16.4. The maximum atomic E-state index is 12.4. The van der Waals surface area contributed by atoms with Crippen LogP contribution in [0.5, 0.6) is 0 Å². The van der Waals surface area contributed by atoms with Crippen molar-refractivity contribution in [2.75, 3.05) is 12.0 Å². The van der Waals surface area contributed by atoms with Gasteiger partial charge in [-0.15, -0.1) is 23.1 Å². The molecule has 0 spiro atoms. The second-order valence-corrected chi connectivity index (χ2v) is 7.14. The summed E-state index contributed by atoms with van der Waals surface area (Å²) in [4.78, 5) is 18.4. The molecule has 0 aliphatic rings. The quantitative estimate of drug-likeness (QED) is 0.706. The molecule has 0 aliphatic carbocycles. The minimum absolute atomic E-state index is 0.142. The third-order valence-electron chi connectivity index (χ3n) is 3.65. The first-order chi connectivity index (χ1) is 11.1. The fraction of sp³-hybridized carbons (Fsp3) is 0.176. The van der Waals surface area contributed by atoms with Gasteiger partial charge in [0, 0.05) is 29.2 Å². The van der Waals surface area contributed by atoms with E-state index in [0.29, 0.717) is 17.1 Å². The van der Waals surface area contributed by atoms with Crippen LogP contribution in [0, 0.1) is 6.92 Å². The lowest BCUT2D eigenvalue weighted by atomic mass is 10.1. The molecule has 0 radical (unpaired) electrons. The van der Waals surface area contributed by atoms with Crippen LogP contribution in [0.3, 0.4) is 0 Å². The Morgan fingerprint density at radius 2 is 2.04 bits per heavy atom. The maximum absolute atomic E-state index is 12.4. The second kappa shape index (κ2) is 6.60. The SMILES string of the molecule is CSc1ccc(CNC(=O)c2sc3cncc(C)c3c2N)cc1. The third-order valence-corrected chi connectivity index (χ3v) is 5.53. The molecule has 3 N–H and O–H groups in total. The number of anilines is 1. The first kappa shape index (κ1) is 15.8. The summed E-state index contributed by atoms with van der Waals surface area (Å²) in [7, 11) is 0. The molecule has 6 heteroatoms. The van der Waals surface area contributed by atoms with Gasteiger partial charge >= 0.3 is 0 Å². The van der Waals surface area contributed by atoms with Crippen molar-refractivity contribution in [1.82, 2.24) is 10.3 Å². The highest BCUT2D eigenvalue weighted by Gasteiger charge is 2.17. The predicted octanol–water partition coefficient (Wildman–Crippen LogP) is 3.84. The zero-order valence-corrected chi connectivity index (χ0v) is 14.6.